The van der Waals surface area contributed by atoms with E-state index in [-0.39, 0.29) is 33.4 Å². The third-order valence-electron chi connectivity index (χ3n) is 10.7. The van der Waals surface area contributed by atoms with Crippen LogP contribution in [0, 0.1) is 40.3 Å². The number of ether oxygens (including phenoxy) is 1. The van der Waals surface area contributed by atoms with Crippen molar-refractivity contribution in [3.05, 3.63) is 83.2 Å². The van der Waals surface area contributed by atoms with Crippen LogP contribution in [0.3, 0.4) is 0 Å². The number of ketones is 1. The van der Waals surface area contributed by atoms with Gasteiger partial charge in [-0.15, -0.1) is 0 Å². The second kappa shape index (κ2) is 13.7. The van der Waals surface area contributed by atoms with Crippen molar-refractivity contribution in [2.75, 3.05) is 11.1 Å². The molecule has 0 unspecified atom stereocenters. The van der Waals surface area contributed by atoms with Gasteiger partial charge in [-0.25, -0.2) is 12.8 Å². The summed E-state index contributed by atoms with van der Waals surface area (Å²) < 4.78 is 82.4. The van der Waals surface area contributed by atoms with Crippen LogP contribution in [0.1, 0.15) is 70.4 Å². The van der Waals surface area contributed by atoms with Gasteiger partial charge >= 0.3 is 12.1 Å². The van der Waals surface area contributed by atoms with Gasteiger partial charge in [0.1, 0.15) is 11.4 Å². The number of fused-ring (bicyclic) bond motifs is 5. The number of esters is 1. The first kappa shape index (κ1) is 37.9. The molecule has 0 aromatic heterocycles. The number of alkyl halides is 3. The number of hydrogen-bond donors (Lipinski definition) is 2. The third kappa shape index (κ3) is 7.79. The van der Waals surface area contributed by atoms with Gasteiger partial charge in [-0.2, -0.15) is 18.4 Å². The number of carbonyl (C=O) groups is 3. The Morgan fingerprint density at radius 3 is 2.39 bits per heavy atom. The number of sulfone groups is 1. The monoisotopic (exact) mass is 730 g/mol. The first-order valence-corrected chi connectivity index (χ1v) is 18.1. The first-order chi connectivity index (χ1) is 23.7. The number of anilines is 1. The van der Waals surface area contributed by atoms with Crippen molar-refractivity contribution < 1.29 is 50.2 Å². The van der Waals surface area contributed by atoms with Crippen LogP contribution in [0.15, 0.2) is 71.2 Å². The summed E-state index contributed by atoms with van der Waals surface area (Å²) in [7, 11) is -4.21. The van der Waals surface area contributed by atoms with Gasteiger partial charge in [0, 0.05) is 23.4 Å². The normalized spacial score (nSPS) is 28.2. The van der Waals surface area contributed by atoms with Crippen LogP contribution in [0.5, 0.6) is 0 Å². The summed E-state index contributed by atoms with van der Waals surface area (Å²) in [5.74, 6) is -1.29. The Morgan fingerprint density at radius 2 is 1.75 bits per heavy atom. The number of nitriles is 1. The predicted molar refractivity (Wildman–Crippen MR) is 177 cm³/mol. The smallest absolute Gasteiger partial charge is 0.417 e. The molecule has 2 saturated carbocycles. The van der Waals surface area contributed by atoms with E-state index in [0.29, 0.717) is 30.2 Å². The minimum Gasteiger partial charge on any atom is -0.459 e. The van der Waals surface area contributed by atoms with Crippen LogP contribution in [-0.2, 0) is 35.1 Å². The quantitative estimate of drug-likeness (QED) is 0.202. The SMILES string of the molecule is C[C@](O)(CS(=O)(=O)c1ccc(F)cc1)C(=O)Nc1ccc(C#N)c(C(F)(F)F)c1.C[C@]12C=CC(=O)C=C1CC[C@@H]1[C@@H]2CC[C@]2(C)OC(=O)CC[C@@H]12. The Labute approximate surface area is 293 Å². The minimum absolute atomic E-state index is 0.0250. The number of allylic oxidation sites excluding steroid dienone is 4. The number of aliphatic hydroxyl groups is 1. The summed E-state index contributed by atoms with van der Waals surface area (Å²) in [5, 5.41) is 21.1. The standard InChI is InChI=1S/C19H24O3.C18H14F4N2O4S/c1-18-9-7-13(20)11-12(18)3-4-14-15(18)8-10-19(2)16(14)5-6-17(21)22-19;1-17(26,10-29(27,28)14-6-3-12(19)4-7-14)16(25)24-13-5-2-11(9-23)15(8-13)18(20,21)22/h7,9,11,14-16H,3-6,8,10H2,1-2H3;2-8,26H,10H2,1H3,(H,24,25)/t14-,15+,16+,18+,19+;17-/m10/s1. The van der Waals surface area contributed by atoms with Crippen molar-refractivity contribution >= 4 is 33.2 Å². The molecular weight excluding hydrogens is 692 g/mol. The van der Waals surface area contributed by atoms with Gasteiger partial charge in [-0.1, -0.05) is 18.6 Å². The molecule has 1 heterocycles. The molecule has 1 saturated heterocycles. The summed E-state index contributed by atoms with van der Waals surface area (Å²) >= 11 is 0. The van der Waals surface area contributed by atoms with E-state index in [4.69, 9.17) is 10.00 Å². The summed E-state index contributed by atoms with van der Waals surface area (Å²) in [6.45, 7) is 5.31. The Morgan fingerprint density at radius 1 is 1.06 bits per heavy atom. The van der Waals surface area contributed by atoms with Crippen molar-refractivity contribution in [3.8, 4) is 6.07 Å². The highest BCUT2D eigenvalue weighted by Gasteiger charge is 2.56. The zero-order valence-corrected chi connectivity index (χ0v) is 29.0. The van der Waals surface area contributed by atoms with E-state index >= 15 is 0 Å². The van der Waals surface area contributed by atoms with Crippen molar-refractivity contribution in [3.63, 3.8) is 0 Å². The molecule has 51 heavy (non-hydrogen) atoms. The van der Waals surface area contributed by atoms with Crippen molar-refractivity contribution in [1.82, 2.24) is 0 Å². The molecule has 2 aromatic rings. The number of rotatable bonds is 5. The van der Waals surface area contributed by atoms with Crippen LogP contribution in [0.4, 0.5) is 23.2 Å². The Balaban J connectivity index is 0.000000204. The Hall–Kier alpha value is -4.35. The van der Waals surface area contributed by atoms with E-state index in [0.717, 1.165) is 75.4 Å². The molecule has 14 heteroatoms. The molecule has 1 aliphatic heterocycles. The summed E-state index contributed by atoms with van der Waals surface area (Å²) in [4.78, 5) is 35.4. The van der Waals surface area contributed by atoms with Gasteiger partial charge < -0.3 is 15.2 Å². The van der Waals surface area contributed by atoms with E-state index in [9.17, 15) is 45.5 Å². The van der Waals surface area contributed by atoms with Crippen molar-refractivity contribution in [1.29, 1.82) is 5.26 Å². The maximum absolute atomic E-state index is 13.0. The van der Waals surface area contributed by atoms with Crippen LogP contribution in [0.25, 0.3) is 0 Å². The highest BCUT2D eigenvalue weighted by molar-refractivity contribution is 7.91. The molecule has 9 nitrogen and oxygen atoms in total. The van der Waals surface area contributed by atoms with E-state index in [1.54, 1.807) is 6.08 Å². The Bertz CT molecular complexity index is 1950. The fourth-order valence-corrected chi connectivity index (χ4v) is 9.68. The maximum Gasteiger partial charge on any atom is 0.417 e. The fraction of sp³-hybridized carbons (Fsp3) is 0.459. The molecule has 3 fully saturated rings. The van der Waals surface area contributed by atoms with E-state index in [1.807, 2.05) is 11.4 Å². The highest BCUT2D eigenvalue weighted by Crippen LogP contribution is 2.60. The zero-order valence-electron chi connectivity index (χ0n) is 28.2. The van der Waals surface area contributed by atoms with Crippen molar-refractivity contribution in [2.45, 2.75) is 81.6 Å². The van der Waals surface area contributed by atoms with Gasteiger partial charge in [0.15, 0.2) is 21.2 Å². The molecular formula is C37H38F4N2O7S. The van der Waals surface area contributed by atoms with E-state index < -0.39 is 50.2 Å². The number of nitrogens with one attached hydrogen (secondary N) is 1. The first-order valence-electron chi connectivity index (χ1n) is 16.5. The van der Waals surface area contributed by atoms with Gasteiger partial charge in [-0.3, -0.25) is 14.4 Å². The lowest BCUT2D eigenvalue weighted by atomic mass is 9.49. The van der Waals surface area contributed by atoms with Gasteiger partial charge in [0.25, 0.3) is 5.91 Å². The Kier molecular flexibility index (Phi) is 10.1. The van der Waals surface area contributed by atoms with Crippen LogP contribution in [0.2, 0.25) is 0 Å². The second-order valence-electron chi connectivity index (χ2n) is 14.3. The summed E-state index contributed by atoms with van der Waals surface area (Å²) in [6.07, 6.45) is 6.61. The van der Waals surface area contributed by atoms with Crippen molar-refractivity contribution in [2.24, 2.45) is 23.2 Å². The number of carbonyl (C=O) groups excluding carboxylic acids is 3. The molecule has 0 spiro atoms. The largest absolute Gasteiger partial charge is 0.459 e. The van der Waals surface area contributed by atoms with Gasteiger partial charge in [0.2, 0.25) is 0 Å². The van der Waals surface area contributed by atoms with Crippen LogP contribution in [-0.4, -0.2) is 48.1 Å². The van der Waals surface area contributed by atoms with Crippen LogP contribution >= 0.6 is 0 Å². The van der Waals surface area contributed by atoms with Crippen LogP contribution < -0.4 is 5.32 Å². The molecule has 4 aliphatic rings. The number of benzene rings is 2. The topological polar surface area (TPSA) is 151 Å². The summed E-state index contributed by atoms with van der Waals surface area (Å²) in [6, 6.07) is 7.40. The number of amides is 1. The zero-order chi connectivity index (χ0) is 37.6. The minimum atomic E-state index is -4.86. The molecule has 3 aliphatic carbocycles. The molecule has 2 aromatic carbocycles. The lowest BCUT2D eigenvalue weighted by Crippen LogP contribution is -2.56. The molecule has 0 radical (unpaired) electrons. The average molecular weight is 731 g/mol. The molecule has 0 bridgehead atoms. The molecule has 2 N–H and O–H groups in total. The lowest BCUT2D eigenvalue weighted by Gasteiger charge is -2.58. The predicted octanol–water partition coefficient (Wildman–Crippen LogP) is 6.47. The van der Waals surface area contributed by atoms with Gasteiger partial charge in [-0.05, 0) is 112 Å². The molecule has 6 atom stereocenters. The highest BCUT2D eigenvalue weighted by atomic mass is 32.2. The second-order valence-corrected chi connectivity index (χ2v) is 16.3. The maximum atomic E-state index is 13.0. The lowest BCUT2D eigenvalue weighted by molar-refractivity contribution is -0.192. The molecule has 1 amide bonds. The fourth-order valence-electron chi connectivity index (χ4n) is 8.10. The number of nitrogens with zero attached hydrogens (tertiary/aromatic N) is 1. The number of halogens is 4. The van der Waals surface area contributed by atoms with E-state index in [2.05, 4.69) is 19.9 Å². The van der Waals surface area contributed by atoms with Gasteiger partial charge in [0.05, 0.1) is 27.8 Å². The third-order valence-corrected chi connectivity index (χ3v) is 12.7. The van der Waals surface area contributed by atoms with E-state index in [1.165, 1.54) is 11.6 Å². The molecule has 6 rings (SSSR count). The average Bonchev–Trinajstić information content (AvgIpc) is 3.04. The molecule has 272 valence electrons. The summed E-state index contributed by atoms with van der Waals surface area (Å²) in [5.41, 5.74) is -3.78. The number of hydrogen-bond acceptors (Lipinski definition) is 8.